The number of nitrogens with zero attached hydrogens (tertiary/aromatic N) is 2. The predicted octanol–water partition coefficient (Wildman–Crippen LogP) is 3.61. The molecule has 1 atom stereocenters. The Bertz CT molecular complexity index is 586. The van der Waals surface area contributed by atoms with Crippen LogP contribution in [0.25, 0.3) is 0 Å². The number of carbonyl (C=O) groups is 1. The van der Waals surface area contributed by atoms with E-state index in [4.69, 9.17) is 0 Å². The molecule has 0 fully saturated rings. The van der Waals surface area contributed by atoms with Gasteiger partial charge in [0.1, 0.15) is 0 Å². The van der Waals surface area contributed by atoms with Crippen LogP contribution >= 0.6 is 15.9 Å². The number of rotatable bonds is 4. The highest BCUT2D eigenvalue weighted by atomic mass is 79.9. The molecule has 1 aromatic carbocycles. The molecule has 0 spiro atoms. The van der Waals surface area contributed by atoms with E-state index >= 15 is 0 Å². The third-order valence-electron chi connectivity index (χ3n) is 3.43. The van der Waals surface area contributed by atoms with Crippen LogP contribution in [0.2, 0.25) is 0 Å². The lowest BCUT2D eigenvalue weighted by Gasteiger charge is -2.26. The largest absolute Gasteiger partial charge is 0.339 e. The molecule has 0 saturated carbocycles. The van der Waals surface area contributed by atoms with Crippen LogP contribution in [0, 0.1) is 0 Å². The second-order valence-electron chi connectivity index (χ2n) is 4.73. The van der Waals surface area contributed by atoms with Gasteiger partial charge in [-0.3, -0.25) is 9.78 Å². The highest BCUT2D eigenvalue weighted by Gasteiger charge is 2.19. The van der Waals surface area contributed by atoms with Crippen LogP contribution in [-0.2, 0) is 11.2 Å². The van der Waals surface area contributed by atoms with Gasteiger partial charge in [0.05, 0.1) is 12.5 Å². The molecule has 1 amide bonds. The zero-order valence-corrected chi connectivity index (χ0v) is 13.2. The van der Waals surface area contributed by atoms with E-state index in [-0.39, 0.29) is 11.9 Å². The zero-order valence-electron chi connectivity index (χ0n) is 11.6. The minimum absolute atomic E-state index is 0.0277. The van der Waals surface area contributed by atoms with Gasteiger partial charge in [-0.1, -0.05) is 34.1 Å². The molecule has 0 saturated heterocycles. The molecule has 20 heavy (non-hydrogen) atoms. The molecule has 0 bridgehead atoms. The number of likely N-dealkylation sites (N-methyl/N-ethyl adjacent to an activating group) is 1. The van der Waals surface area contributed by atoms with Crippen molar-refractivity contribution in [3.05, 3.63) is 64.4 Å². The molecule has 0 aliphatic heterocycles. The minimum Gasteiger partial charge on any atom is -0.339 e. The van der Waals surface area contributed by atoms with E-state index in [0.29, 0.717) is 6.42 Å². The van der Waals surface area contributed by atoms with Gasteiger partial charge in [-0.05, 0) is 36.2 Å². The second kappa shape index (κ2) is 6.66. The van der Waals surface area contributed by atoms with Gasteiger partial charge >= 0.3 is 0 Å². The Morgan fingerprint density at radius 1 is 1.25 bits per heavy atom. The normalized spacial score (nSPS) is 11.9. The van der Waals surface area contributed by atoms with E-state index < -0.39 is 0 Å². The smallest absolute Gasteiger partial charge is 0.227 e. The summed E-state index contributed by atoms with van der Waals surface area (Å²) in [6.45, 7) is 2.03. The van der Waals surface area contributed by atoms with Gasteiger partial charge in [-0.25, -0.2) is 0 Å². The number of aromatic nitrogens is 1. The van der Waals surface area contributed by atoms with Crippen LogP contribution in [0.15, 0.2) is 53.3 Å². The molecule has 3 nitrogen and oxygen atoms in total. The number of hydrogen-bond acceptors (Lipinski definition) is 2. The first kappa shape index (κ1) is 14.7. The molecule has 0 radical (unpaired) electrons. The van der Waals surface area contributed by atoms with Crippen molar-refractivity contribution >= 4 is 21.8 Å². The Kier molecular flexibility index (Phi) is 4.90. The fraction of sp³-hybridized carbons (Fsp3) is 0.250. The monoisotopic (exact) mass is 332 g/mol. The Labute approximate surface area is 127 Å². The molecular weight excluding hydrogens is 316 g/mol. The van der Waals surface area contributed by atoms with Gasteiger partial charge < -0.3 is 4.90 Å². The van der Waals surface area contributed by atoms with E-state index in [1.807, 2.05) is 50.4 Å². The van der Waals surface area contributed by atoms with Crippen molar-refractivity contribution in [1.29, 1.82) is 0 Å². The van der Waals surface area contributed by atoms with Crippen molar-refractivity contribution in [2.24, 2.45) is 0 Å². The Morgan fingerprint density at radius 3 is 2.55 bits per heavy atom. The maximum atomic E-state index is 12.3. The summed E-state index contributed by atoms with van der Waals surface area (Å²) in [6.07, 6.45) is 3.81. The summed E-state index contributed by atoms with van der Waals surface area (Å²) >= 11 is 3.53. The highest BCUT2D eigenvalue weighted by Crippen LogP contribution is 2.26. The van der Waals surface area contributed by atoms with Gasteiger partial charge in [0.25, 0.3) is 0 Å². The maximum absolute atomic E-state index is 12.3. The summed E-state index contributed by atoms with van der Waals surface area (Å²) in [6, 6.07) is 11.7. The zero-order chi connectivity index (χ0) is 14.5. The van der Waals surface area contributed by atoms with Crippen LogP contribution in [0.4, 0.5) is 0 Å². The molecule has 4 heteroatoms. The molecule has 0 aliphatic carbocycles. The number of benzene rings is 1. The standard InChI is InChI=1S/C16H17BrN2O/c1-12(14-5-3-4-6-15(14)17)19(2)16(20)11-13-7-9-18-10-8-13/h3-10,12H,11H2,1-2H3. The van der Waals surface area contributed by atoms with Crippen molar-refractivity contribution in [2.75, 3.05) is 7.05 Å². The predicted molar refractivity (Wildman–Crippen MR) is 83.3 cm³/mol. The lowest BCUT2D eigenvalue weighted by molar-refractivity contribution is -0.131. The van der Waals surface area contributed by atoms with Crippen molar-refractivity contribution in [1.82, 2.24) is 9.88 Å². The average molecular weight is 333 g/mol. The van der Waals surface area contributed by atoms with Crippen molar-refractivity contribution < 1.29 is 4.79 Å². The summed E-state index contributed by atoms with van der Waals surface area (Å²) in [7, 11) is 1.84. The molecule has 0 aliphatic rings. The second-order valence-corrected chi connectivity index (χ2v) is 5.59. The van der Waals surface area contributed by atoms with Gasteiger partial charge in [0, 0.05) is 23.9 Å². The molecule has 0 N–H and O–H groups in total. The summed E-state index contributed by atoms with van der Waals surface area (Å²) < 4.78 is 1.02. The van der Waals surface area contributed by atoms with Crippen LogP contribution in [-0.4, -0.2) is 22.8 Å². The van der Waals surface area contributed by atoms with Gasteiger partial charge in [-0.2, -0.15) is 0 Å². The fourth-order valence-electron chi connectivity index (χ4n) is 2.04. The highest BCUT2D eigenvalue weighted by molar-refractivity contribution is 9.10. The third-order valence-corrected chi connectivity index (χ3v) is 4.16. The van der Waals surface area contributed by atoms with Crippen LogP contribution in [0.5, 0.6) is 0 Å². The Balaban J connectivity index is 2.09. The SMILES string of the molecule is CC(c1ccccc1Br)N(C)C(=O)Cc1ccncc1. The first-order valence-electron chi connectivity index (χ1n) is 6.48. The van der Waals surface area contributed by atoms with E-state index in [1.165, 1.54) is 0 Å². The molecular formula is C16H17BrN2O. The molecule has 1 heterocycles. The lowest BCUT2D eigenvalue weighted by Crippen LogP contribution is -2.31. The van der Waals surface area contributed by atoms with Crippen LogP contribution in [0.1, 0.15) is 24.1 Å². The summed E-state index contributed by atoms with van der Waals surface area (Å²) in [4.78, 5) is 18.1. The topological polar surface area (TPSA) is 33.2 Å². The number of carbonyl (C=O) groups excluding carboxylic acids is 1. The average Bonchev–Trinajstić information content (AvgIpc) is 2.47. The van der Waals surface area contributed by atoms with Crippen LogP contribution < -0.4 is 0 Å². The van der Waals surface area contributed by atoms with Crippen LogP contribution in [0.3, 0.4) is 0 Å². The maximum Gasteiger partial charge on any atom is 0.227 e. The number of halogens is 1. The number of amides is 1. The molecule has 104 valence electrons. The molecule has 2 aromatic rings. The summed E-state index contributed by atoms with van der Waals surface area (Å²) in [5.41, 5.74) is 2.09. The van der Waals surface area contributed by atoms with Crippen molar-refractivity contribution in [3.63, 3.8) is 0 Å². The van der Waals surface area contributed by atoms with E-state index in [1.54, 1.807) is 17.3 Å². The van der Waals surface area contributed by atoms with Gasteiger partial charge in [-0.15, -0.1) is 0 Å². The Hall–Kier alpha value is -1.68. The first-order chi connectivity index (χ1) is 9.59. The van der Waals surface area contributed by atoms with E-state index in [0.717, 1.165) is 15.6 Å². The first-order valence-corrected chi connectivity index (χ1v) is 7.28. The lowest BCUT2D eigenvalue weighted by atomic mass is 10.1. The van der Waals surface area contributed by atoms with E-state index in [2.05, 4.69) is 20.9 Å². The van der Waals surface area contributed by atoms with Crippen molar-refractivity contribution in [2.45, 2.75) is 19.4 Å². The summed E-state index contributed by atoms with van der Waals surface area (Å²) in [5, 5.41) is 0. The summed E-state index contributed by atoms with van der Waals surface area (Å²) in [5.74, 6) is 0.0967. The fourth-order valence-corrected chi connectivity index (χ4v) is 2.65. The molecule has 1 unspecified atom stereocenters. The Morgan fingerprint density at radius 2 is 1.90 bits per heavy atom. The van der Waals surface area contributed by atoms with Crippen molar-refractivity contribution in [3.8, 4) is 0 Å². The molecule has 1 aromatic heterocycles. The number of pyridine rings is 1. The minimum atomic E-state index is 0.0277. The quantitative estimate of drug-likeness (QED) is 0.856. The van der Waals surface area contributed by atoms with Gasteiger partial charge in [0.2, 0.25) is 5.91 Å². The third kappa shape index (κ3) is 3.45. The number of hydrogen-bond donors (Lipinski definition) is 0. The van der Waals surface area contributed by atoms with E-state index in [9.17, 15) is 4.79 Å². The molecule has 2 rings (SSSR count). The van der Waals surface area contributed by atoms with Gasteiger partial charge in [0.15, 0.2) is 0 Å².